The molecule has 0 aromatic heterocycles. The van der Waals surface area contributed by atoms with Crippen LogP contribution in [0.5, 0.6) is 5.75 Å². The molecule has 0 unspecified atom stereocenters. The van der Waals surface area contributed by atoms with E-state index >= 15 is 0 Å². The summed E-state index contributed by atoms with van der Waals surface area (Å²) in [5, 5.41) is 0. The molecular formula is C24H31NO2. The topological polar surface area (TPSA) is 29.5 Å². The largest absolute Gasteiger partial charge is 0.426 e. The van der Waals surface area contributed by atoms with Gasteiger partial charge in [-0.25, -0.2) is 0 Å². The first-order chi connectivity index (χ1) is 12.8. The molecule has 27 heavy (non-hydrogen) atoms. The molecule has 0 radical (unpaired) electrons. The highest BCUT2D eigenvalue weighted by Crippen LogP contribution is 2.56. The van der Waals surface area contributed by atoms with E-state index in [4.69, 9.17) is 11.2 Å². The number of carbonyl (C=O) groups excluding carboxylic acids is 1. The van der Waals surface area contributed by atoms with Crippen molar-refractivity contribution in [3.8, 4) is 18.1 Å². The first-order valence-electron chi connectivity index (χ1n) is 10.4. The number of carbonyl (C=O) groups is 1. The monoisotopic (exact) mass is 365 g/mol. The third-order valence-electron chi connectivity index (χ3n) is 7.04. The molecule has 1 saturated carbocycles. The number of ether oxygens (including phenoxy) is 1. The minimum atomic E-state index is -0.493. The molecule has 144 valence electrons. The molecule has 1 heterocycles. The Bertz CT molecular complexity index is 785. The summed E-state index contributed by atoms with van der Waals surface area (Å²) < 4.78 is 5.74. The van der Waals surface area contributed by atoms with Crippen molar-refractivity contribution in [2.75, 3.05) is 13.1 Å². The van der Waals surface area contributed by atoms with Gasteiger partial charge in [0.15, 0.2) is 0 Å². The number of likely N-dealkylation sites (tertiary alicyclic amines) is 1. The maximum Gasteiger partial charge on any atom is 0.316 e. The summed E-state index contributed by atoms with van der Waals surface area (Å²) in [5.74, 6) is 4.08. The lowest BCUT2D eigenvalue weighted by atomic mass is 9.52. The van der Waals surface area contributed by atoms with Gasteiger partial charge in [0.2, 0.25) is 0 Å². The maximum atomic E-state index is 12.4. The summed E-state index contributed by atoms with van der Waals surface area (Å²) in [6.07, 6.45) is 13.0. The van der Waals surface area contributed by atoms with Crippen molar-refractivity contribution < 1.29 is 9.53 Å². The van der Waals surface area contributed by atoms with Crippen LogP contribution in [-0.2, 0) is 16.6 Å². The third-order valence-corrected chi connectivity index (χ3v) is 7.04. The second kappa shape index (κ2) is 6.67. The molecule has 1 aromatic rings. The SMILES string of the molecule is C#CCN1CC[C@]23CCCC[C@H]2[C@H]1Cc1ccc(OC(=O)C(C)(C)C)cc13. The molecule has 1 saturated heterocycles. The summed E-state index contributed by atoms with van der Waals surface area (Å²) in [7, 11) is 0. The van der Waals surface area contributed by atoms with Crippen LogP contribution in [0.15, 0.2) is 18.2 Å². The summed E-state index contributed by atoms with van der Waals surface area (Å²) in [5.41, 5.74) is 2.62. The number of fused-ring (bicyclic) bond motifs is 1. The first-order valence-corrected chi connectivity index (χ1v) is 10.4. The van der Waals surface area contributed by atoms with Crippen LogP contribution in [-0.4, -0.2) is 30.0 Å². The van der Waals surface area contributed by atoms with Crippen molar-refractivity contribution in [3.63, 3.8) is 0 Å². The molecule has 2 fully saturated rings. The fourth-order valence-corrected chi connectivity index (χ4v) is 5.70. The number of rotatable bonds is 2. The minimum absolute atomic E-state index is 0.169. The number of hydrogen-bond donors (Lipinski definition) is 0. The van der Waals surface area contributed by atoms with Crippen LogP contribution < -0.4 is 4.74 Å². The molecule has 3 heteroatoms. The molecule has 1 aliphatic heterocycles. The van der Waals surface area contributed by atoms with Gasteiger partial charge in [-0.05, 0) is 75.6 Å². The van der Waals surface area contributed by atoms with Crippen molar-refractivity contribution in [2.24, 2.45) is 11.3 Å². The Morgan fingerprint density at radius 1 is 1.33 bits per heavy atom. The maximum absolute atomic E-state index is 12.4. The van der Waals surface area contributed by atoms with Gasteiger partial charge in [0.25, 0.3) is 0 Å². The molecule has 3 nitrogen and oxygen atoms in total. The van der Waals surface area contributed by atoms with Crippen LogP contribution in [0.1, 0.15) is 64.0 Å². The van der Waals surface area contributed by atoms with E-state index in [1.165, 1.54) is 43.2 Å². The van der Waals surface area contributed by atoms with Crippen molar-refractivity contribution in [1.82, 2.24) is 4.90 Å². The van der Waals surface area contributed by atoms with Crippen LogP contribution in [0.25, 0.3) is 0 Å². The Kier molecular flexibility index (Phi) is 4.59. The Morgan fingerprint density at radius 3 is 2.89 bits per heavy atom. The lowest BCUT2D eigenvalue weighted by Gasteiger charge is -2.59. The van der Waals surface area contributed by atoms with Gasteiger partial charge in [-0.1, -0.05) is 24.8 Å². The van der Waals surface area contributed by atoms with Crippen LogP contribution in [0, 0.1) is 23.7 Å². The standard InChI is InChI=1S/C24H31NO2/c1-5-13-25-14-12-24-11-7-6-8-19(24)21(25)15-17-9-10-18(16-20(17)24)27-22(26)23(2,3)4/h1,9-10,16,19,21H,6-8,11-15H2,2-4H3/t19-,21+,24+/m0/s1. The predicted octanol–water partition coefficient (Wildman–Crippen LogP) is 4.33. The first kappa shape index (κ1) is 18.6. The second-order valence-electron chi connectivity index (χ2n) is 9.66. The molecule has 0 spiro atoms. The van der Waals surface area contributed by atoms with Gasteiger partial charge in [-0.2, -0.15) is 0 Å². The highest BCUT2D eigenvalue weighted by molar-refractivity contribution is 5.78. The fourth-order valence-electron chi connectivity index (χ4n) is 5.70. The van der Waals surface area contributed by atoms with Crippen molar-refractivity contribution in [3.05, 3.63) is 29.3 Å². The van der Waals surface area contributed by atoms with E-state index in [1.807, 2.05) is 26.8 Å². The molecular weight excluding hydrogens is 334 g/mol. The van der Waals surface area contributed by atoms with Crippen LogP contribution in [0.4, 0.5) is 0 Å². The second-order valence-corrected chi connectivity index (χ2v) is 9.66. The van der Waals surface area contributed by atoms with Crippen molar-refractivity contribution in [1.29, 1.82) is 0 Å². The number of nitrogens with zero attached hydrogens (tertiary/aromatic N) is 1. The highest BCUT2D eigenvalue weighted by atomic mass is 16.5. The number of hydrogen-bond acceptors (Lipinski definition) is 3. The zero-order valence-corrected chi connectivity index (χ0v) is 16.9. The Balaban J connectivity index is 1.72. The number of esters is 1. The smallest absolute Gasteiger partial charge is 0.316 e. The van der Waals surface area contributed by atoms with Crippen LogP contribution in [0.3, 0.4) is 0 Å². The van der Waals surface area contributed by atoms with E-state index in [2.05, 4.69) is 23.0 Å². The van der Waals surface area contributed by atoms with E-state index in [1.54, 1.807) is 0 Å². The average molecular weight is 366 g/mol. The van der Waals surface area contributed by atoms with Crippen LogP contribution >= 0.6 is 0 Å². The average Bonchev–Trinajstić information content (AvgIpc) is 2.63. The quantitative estimate of drug-likeness (QED) is 0.444. The normalized spacial score (nSPS) is 30.0. The lowest BCUT2D eigenvalue weighted by Crippen LogP contribution is -2.60. The van der Waals surface area contributed by atoms with E-state index < -0.39 is 5.41 Å². The molecule has 0 amide bonds. The molecule has 3 aliphatic rings. The van der Waals surface area contributed by atoms with Crippen molar-refractivity contribution >= 4 is 5.97 Å². The zero-order valence-electron chi connectivity index (χ0n) is 16.9. The summed E-state index contributed by atoms with van der Waals surface area (Å²) in [4.78, 5) is 14.9. The molecule has 0 N–H and O–H groups in total. The van der Waals surface area contributed by atoms with Gasteiger partial charge >= 0.3 is 5.97 Å². The van der Waals surface area contributed by atoms with Gasteiger partial charge in [0.05, 0.1) is 12.0 Å². The molecule has 3 atom stereocenters. The van der Waals surface area contributed by atoms with Crippen molar-refractivity contribution in [2.45, 2.75) is 70.8 Å². The lowest BCUT2D eigenvalue weighted by molar-refractivity contribution is -0.143. The van der Waals surface area contributed by atoms with Crippen LogP contribution in [0.2, 0.25) is 0 Å². The Morgan fingerprint density at radius 2 is 2.15 bits per heavy atom. The zero-order chi connectivity index (χ0) is 19.2. The molecule has 1 aromatic carbocycles. The summed E-state index contributed by atoms with van der Waals surface area (Å²) in [6.45, 7) is 7.53. The summed E-state index contributed by atoms with van der Waals surface area (Å²) in [6, 6.07) is 6.92. The Labute approximate surface area is 163 Å². The molecule has 2 aliphatic carbocycles. The number of piperidine rings is 1. The molecule has 4 rings (SSSR count). The minimum Gasteiger partial charge on any atom is -0.426 e. The van der Waals surface area contributed by atoms with E-state index in [-0.39, 0.29) is 11.4 Å². The van der Waals surface area contributed by atoms with Gasteiger partial charge in [-0.3, -0.25) is 9.69 Å². The van der Waals surface area contributed by atoms with E-state index in [0.717, 1.165) is 19.5 Å². The highest BCUT2D eigenvalue weighted by Gasteiger charge is 2.53. The van der Waals surface area contributed by atoms with E-state index in [9.17, 15) is 4.79 Å². The fraction of sp³-hybridized carbons (Fsp3) is 0.625. The van der Waals surface area contributed by atoms with Gasteiger partial charge in [0.1, 0.15) is 5.75 Å². The third kappa shape index (κ3) is 3.09. The van der Waals surface area contributed by atoms with E-state index in [0.29, 0.717) is 17.7 Å². The Hall–Kier alpha value is -1.79. The van der Waals surface area contributed by atoms with Gasteiger partial charge in [-0.15, -0.1) is 6.42 Å². The number of terminal acetylenes is 1. The summed E-state index contributed by atoms with van der Waals surface area (Å²) >= 11 is 0. The van der Waals surface area contributed by atoms with Gasteiger partial charge in [0, 0.05) is 18.0 Å². The molecule has 2 bridgehead atoms. The number of benzene rings is 1. The van der Waals surface area contributed by atoms with Gasteiger partial charge < -0.3 is 4.74 Å². The predicted molar refractivity (Wildman–Crippen MR) is 108 cm³/mol.